The second kappa shape index (κ2) is 7.71. The van der Waals surface area contributed by atoms with Gasteiger partial charge in [0, 0.05) is 16.8 Å². The highest BCUT2D eigenvalue weighted by Gasteiger charge is 2.22. The van der Waals surface area contributed by atoms with E-state index >= 15 is 0 Å². The Morgan fingerprint density at radius 2 is 2.08 bits per heavy atom. The molecule has 1 aliphatic rings. The van der Waals surface area contributed by atoms with Gasteiger partial charge in [0.1, 0.15) is 10.5 Å². The van der Waals surface area contributed by atoms with Gasteiger partial charge in [0.05, 0.1) is 5.52 Å². The van der Waals surface area contributed by atoms with E-state index in [9.17, 15) is 9.18 Å². The second-order valence-electron chi connectivity index (χ2n) is 6.52. The van der Waals surface area contributed by atoms with Gasteiger partial charge in [-0.05, 0) is 42.0 Å². The van der Waals surface area contributed by atoms with Crippen LogP contribution in [0.4, 0.5) is 4.39 Å². The molecule has 7 heteroatoms. The van der Waals surface area contributed by atoms with Gasteiger partial charge in [0.2, 0.25) is 0 Å². The van der Waals surface area contributed by atoms with Gasteiger partial charge in [-0.25, -0.2) is 9.37 Å². The lowest BCUT2D eigenvalue weighted by molar-refractivity contribution is 0.326. The Bertz CT molecular complexity index is 995. The van der Waals surface area contributed by atoms with E-state index in [0.717, 1.165) is 46.6 Å². The molecule has 1 saturated carbocycles. The van der Waals surface area contributed by atoms with Crippen molar-refractivity contribution in [1.29, 1.82) is 0 Å². The van der Waals surface area contributed by atoms with Gasteiger partial charge >= 0.3 is 0 Å². The summed E-state index contributed by atoms with van der Waals surface area (Å²) >= 11 is 9.10. The van der Waals surface area contributed by atoms with Crippen LogP contribution in [0, 0.1) is 5.82 Å². The minimum absolute atomic E-state index is 0.0598. The van der Waals surface area contributed by atoms with Crippen LogP contribution in [0.15, 0.2) is 39.6 Å². The Morgan fingerprint density at radius 3 is 2.85 bits per heavy atom. The van der Waals surface area contributed by atoms with E-state index in [-0.39, 0.29) is 17.4 Å². The van der Waals surface area contributed by atoms with Crippen molar-refractivity contribution in [1.82, 2.24) is 9.55 Å². The smallest absolute Gasteiger partial charge is 0.272 e. The monoisotopic (exact) mass is 408 g/mol. The Labute approximate surface area is 164 Å². The van der Waals surface area contributed by atoms with Crippen LogP contribution in [0.1, 0.15) is 43.7 Å². The van der Waals surface area contributed by atoms with Crippen LogP contribution >= 0.6 is 34.7 Å². The van der Waals surface area contributed by atoms with Crippen LogP contribution in [0.25, 0.3) is 10.2 Å². The maximum atomic E-state index is 13.3. The molecule has 0 aliphatic heterocycles. The molecular weight excluding hydrogens is 391 g/mol. The number of halogens is 2. The van der Waals surface area contributed by atoms with Crippen LogP contribution < -0.4 is 5.56 Å². The van der Waals surface area contributed by atoms with Gasteiger partial charge in [0.25, 0.3) is 5.56 Å². The van der Waals surface area contributed by atoms with Crippen molar-refractivity contribution in [3.05, 3.63) is 56.4 Å². The number of benzene rings is 1. The predicted octanol–water partition coefficient (Wildman–Crippen LogP) is 6.05. The molecule has 26 heavy (non-hydrogen) atoms. The maximum Gasteiger partial charge on any atom is 0.272 e. The number of fused-ring (bicyclic) bond motifs is 1. The summed E-state index contributed by atoms with van der Waals surface area (Å²) in [4.78, 5) is 17.8. The Kier molecular flexibility index (Phi) is 5.34. The molecular formula is C19H18ClFN2OS2. The molecule has 0 radical (unpaired) electrons. The van der Waals surface area contributed by atoms with Crippen molar-refractivity contribution in [3.8, 4) is 0 Å². The van der Waals surface area contributed by atoms with Gasteiger partial charge in [-0.2, -0.15) is 0 Å². The lowest BCUT2D eigenvalue weighted by atomic mass is 9.95. The first-order valence-corrected chi connectivity index (χ1v) is 10.9. The first-order chi connectivity index (χ1) is 12.6. The molecule has 0 saturated heterocycles. The molecule has 0 atom stereocenters. The highest BCUT2D eigenvalue weighted by Crippen LogP contribution is 2.33. The molecule has 0 unspecified atom stereocenters. The average molecular weight is 409 g/mol. The van der Waals surface area contributed by atoms with Crippen molar-refractivity contribution < 1.29 is 4.39 Å². The third-order valence-electron chi connectivity index (χ3n) is 4.79. The molecule has 136 valence electrons. The molecule has 1 aliphatic carbocycles. The van der Waals surface area contributed by atoms with Crippen molar-refractivity contribution in [3.63, 3.8) is 0 Å². The molecule has 1 fully saturated rings. The van der Waals surface area contributed by atoms with E-state index in [1.165, 1.54) is 41.7 Å². The van der Waals surface area contributed by atoms with Crippen molar-refractivity contribution >= 4 is 44.9 Å². The van der Waals surface area contributed by atoms with Gasteiger partial charge < -0.3 is 0 Å². The number of hydrogen-bond acceptors (Lipinski definition) is 4. The lowest BCUT2D eigenvalue weighted by Gasteiger charge is -2.25. The van der Waals surface area contributed by atoms with Crippen molar-refractivity contribution in [2.24, 2.45) is 0 Å². The fourth-order valence-corrected chi connectivity index (χ4v) is 5.60. The van der Waals surface area contributed by atoms with E-state index in [1.54, 1.807) is 6.07 Å². The zero-order chi connectivity index (χ0) is 18.1. The van der Waals surface area contributed by atoms with Gasteiger partial charge in [-0.3, -0.25) is 9.36 Å². The standard InChI is InChI=1S/C19H18ClFN2OS2/c20-15-10-13(21)7-6-12(15)11-26-19-22-16-8-9-25-17(16)18(24)23(19)14-4-2-1-3-5-14/h6-10,14H,1-5,11H2. The first-order valence-electron chi connectivity index (χ1n) is 8.70. The third-order valence-corrected chi connectivity index (χ3v) is 7.04. The van der Waals surface area contributed by atoms with Gasteiger partial charge in [0.15, 0.2) is 5.16 Å². The zero-order valence-electron chi connectivity index (χ0n) is 14.1. The number of rotatable bonds is 4. The number of thioether (sulfide) groups is 1. The average Bonchev–Trinajstić information content (AvgIpc) is 3.11. The van der Waals surface area contributed by atoms with Gasteiger partial charge in [-0.1, -0.05) is 48.7 Å². The summed E-state index contributed by atoms with van der Waals surface area (Å²) in [6.07, 6.45) is 5.56. The molecule has 0 bridgehead atoms. The summed E-state index contributed by atoms with van der Waals surface area (Å²) < 4.78 is 15.9. The third kappa shape index (κ3) is 3.55. The summed E-state index contributed by atoms with van der Waals surface area (Å²) in [7, 11) is 0. The molecule has 4 rings (SSSR count). The summed E-state index contributed by atoms with van der Waals surface area (Å²) in [6.45, 7) is 0. The van der Waals surface area contributed by atoms with E-state index in [4.69, 9.17) is 16.6 Å². The Morgan fingerprint density at radius 1 is 1.27 bits per heavy atom. The van der Waals surface area contributed by atoms with Crippen LogP contribution in [0.3, 0.4) is 0 Å². The second-order valence-corrected chi connectivity index (χ2v) is 8.79. The molecule has 2 aromatic heterocycles. The number of aromatic nitrogens is 2. The minimum Gasteiger partial charge on any atom is -0.283 e. The predicted molar refractivity (Wildman–Crippen MR) is 107 cm³/mol. The van der Waals surface area contributed by atoms with Crippen LogP contribution in [0.5, 0.6) is 0 Å². The molecule has 1 aromatic carbocycles. The first kappa shape index (κ1) is 18.0. The van der Waals surface area contributed by atoms with Crippen LogP contribution in [-0.4, -0.2) is 9.55 Å². The molecule has 2 heterocycles. The van der Waals surface area contributed by atoms with E-state index in [2.05, 4.69) is 0 Å². The highest BCUT2D eigenvalue weighted by molar-refractivity contribution is 7.98. The SMILES string of the molecule is O=c1c2sccc2nc(SCc2ccc(F)cc2Cl)n1C1CCCCC1. The highest BCUT2D eigenvalue weighted by atomic mass is 35.5. The Hall–Kier alpha value is -1.37. The molecule has 3 nitrogen and oxygen atoms in total. The summed E-state index contributed by atoms with van der Waals surface area (Å²) in [6, 6.07) is 6.52. The maximum absolute atomic E-state index is 13.3. The van der Waals surface area contributed by atoms with Crippen molar-refractivity contribution in [2.75, 3.05) is 0 Å². The topological polar surface area (TPSA) is 34.9 Å². The summed E-state index contributed by atoms with van der Waals surface area (Å²) in [5.74, 6) is 0.203. The summed E-state index contributed by atoms with van der Waals surface area (Å²) in [5, 5.41) is 3.05. The van der Waals surface area contributed by atoms with Crippen molar-refractivity contribution in [2.45, 2.75) is 49.1 Å². The molecule has 0 amide bonds. The minimum atomic E-state index is -0.347. The lowest BCUT2D eigenvalue weighted by Crippen LogP contribution is -2.28. The molecule has 0 spiro atoms. The van der Waals surface area contributed by atoms with Crippen LogP contribution in [0.2, 0.25) is 5.02 Å². The van der Waals surface area contributed by atoms with Gasteiger partial charge in [-0.15, -0.1) is 11.3 Å². The zero-order valence-corrected chi connectivity index (χ0v) is 16.5. The molecule has 3 aromatic rings. The van der Waals surface area contributed by atoms with Crippen LogP contribution in [-0.2, 0) is 5.75 Å². The number of nitrogens with zero attached hydrogens (tertiary/aromatic N) is 2. The fourth-order valence-electron chi connectivity index (χ4n) is 3.45. The fraction of sp³-hybridized carbons (Fsp3) is 0.368. The van der Waals surface area contributed by atoms with E-state index < -0.39 is 0 Å². The number of hydrogen-bond donors (Lipinski definition) is 0. The largest absolute Gasteiger partial charge is 0.283 e. The number of thiophene rings is 1. The molecule has 0 N–H and O–H groups in total. The van der Waals surface area contributed by atoms with E-state index in [0.29, 0.717) is 10.8 Å². The van der Waals surface area contributed by atoms with E-state index in [1.807, 2.05) is 16.0 Å². The quantitative estimate of drug-likeness (QED) is 0.389. The summed E-state index contributed by atoms with van der Waals surface area (Å²) in [5.41, 5.74) is 1.65. The Balaban J connectivity index is 1.71. The normalized spacial score (nSPS) is 15.6.